The first-order chi connectivity index (χ1) is 17.8. The summed E-state index contributed by atoms with van der Waals surface area (Å²) in [6.07, 6.45) is -3.78. The molecule has 2 heterocycles. The van der Waals surface area contributed by atoms with Gasteiger partial charge in [0.2, 0.25) is 0 Å². The molecule has 0 N–H and O–H groups in total. The molecule has 0 radical (unpaired) electrons. The van der Waals surface area contributed by atoms with E-state index in [1.807, 2.05) is 6.92 Å². The number of ether oxygens (including phenoxy) is 1. The molecule has 1 aliphatic rings. The molecular formula is C25H26F3N5O4S. The summed E-state index contributed by atoms with van der Waals surface area (Å²) < 4.78 is 75.0. The molecule has 1 aromatic heterocycles. The molecule has 1 aliphatic heterocycles. The minimum absolute atomic E-state index is 0.0156. The van der Waals surface area contributed by atoms with E-state index in [0.717, 1.165) is 10.9 Å². The number of halogens is 3. The number of carbonyl (C=O) groups excluding carboxylic acids is 1. The van der Waals surface area contributed by atoms with Gasteiger partial charge in [-0.2, -0.15) is 18.3 Å². The number of hydrogen-bond donors (Lipinski definition) is 0. The third kappa shape index (κ3) is 5.37. The lowest BCUT2D eigenvalue weighted by atomic mass is 10.0. The highest BCUT2D eigenvalue weighted by Crippen LogP contribution is 2.37. The molecule has 0 atom stereocenters. The summed E-state index contributed by atoms with van der Waals surface area (Å²) in [6, 6.07) is 12.7. The van der Waals surface area contributed by atoms with Gasteiger partial charge in [0.05, 0.1) is 19.1 Å². The molecule has 0 saturated heterocycles. The second kappa shape index (κ2) is 10.1. The van der Waals surface area contributed by atoms with Crippen LogP contribution in [0, 0.1) is 0 Å². The van der Waals surface area contributed by atoms with Gasteiger partial charge in [0.15, 0.2) is 5.69 Å². The van der Waals surface area contributed by atoms with E-state index >= 15 is 0 Å². The molecule has 3 aromatic rings. The molecule has 0 bridgehead atoms. The van der Waals surface area contributed by atoms with Crippen LogP contribution in [0.1, 0.15) is 34.2 Å². The number of hydrogen-bond acceptors (Lipinski definition) is 5. The van der Waals surface area contributed by atoms with Crippen molar-refractivity contribution in [2.24, 2.45) is 4.40 Å². The zero-order valence-electron chi connectivity index (χ0n) is 21.2. The van der Waals surface area contributed by atoms with E-state index in [-0.39, 0.29) is 35.7 Å². The number of amides is 1. The fraction of sp³-hybridized carbons (Fsp3) is 0.320. The number of rotatable bonds is 6. The fourth-order valence-electron chi connectivity index (χ4n) is 4.18. The van der Waals surface area contributed by atoms with Gasteiger partial charge in [0.25, 0.3) is 15.9 Å². The number of aromatic nitrogens is 2. The Labute approximate surface area is 218 Å². The van der Waals surface area contributed by atoms with Crippen LogP contribution >= 0.6 is 0 Å². The second-order valence-corrected chi connectivity index (χ2v) is 10.3. The number of amidine groups is 1. The minimum atomic E-state index is -4.73. The van der Waals surface area contributed by atoms with Crippen LogP contribution in [0.3, 0.4) is 0 Å². The quantitative estimate of drug-likeness (QED) is 0.343. The largest absolute Gasteiger partial charge is 0.497 e. The summed E-state index contributed by atoms with van der Waals surface area (Å²) in [5, 5.41) is 3.79. The molecule has 0 spiro atoms. The SMILES string of the molecule is CCN(C)/C(=N\S(C)(=O)=O)c1ccc(N2CCc3c(C(F)(F)F)nn(-c4ccc(OC)cc4)c3C2=O)cc1. The average molecular weight is 550 g/mol. The lowest BCUT2D eigenvalue weighted by Crippen LogP contribution is -2.39. The van der Waals surface area contributed by atoms with E-state index in [9.17, 15) is 26.4 Å². The van der Waals surface area contributed by atoms with Crippen LogP contribution in [0.4, 0.5) is 18.9 Å². The predicted octanol–water partition coefficient (Wildman–Crippen LogP) is 3.76. The van der Waals surface area contributed by atoms with Crippen molar-refractivity contribution in [3.63, 3.8) is 0 Å². The van der Waals surface area contributed by atoms with Crippen LogP contribution in [0.2, 0.25) is 0 Å². The van der Waals surface area contributed by atoms with Gasteiger partial charge in [-0.25, -0.2) is 13.1 Å². The first kappa shape index (κ1) is 27.2. The third-order valence-corrected chi connectivity index (χ3v) is 6.63. The fourth-order valence-corrected chi connectivity index (χ4v) is 4.74. The number of carbonyl (C=O) groups is 1. The maximum atomic E-state index is 13.8. The monoisotopic (exact) mass is 549 g/mol. The average Bonchev–Trinajstić information content (AvgIpc) is 3.28. The van der Waals surface area contributed by atoms with Gasteiger partial charge in [0.1, 0.15) is 17.3 Å². The van der Waals surface area contributed by atoms with E-state index in [1.54, 1.807) is 48.3 Å². The van der Waals surface area contributed by atoms with Crippen LogP contribution in [0.15, 0.2) is 52.9 Å². The van der Waals surface area contributed by atoms with Crippen molar-refractivity contribution in [2.75, 3.05) is 38.4 Å². The zero-order valence-corrected chi connectivity index (χ0v) is 22.0. The third-order valence-electron chi connectivity index (χ3n) is 6.13. The van der Waals surface area contributed by atoms with Crippen molar-refractivity contribution in [3.05, 3.63) is 71.0 Å². The van der Waals surface area contributed by atoms with Crippen molar-refractivity contribution in [1.82, 2.24) is 14.7 Å². The van der Waals surface area contributed by atoms with E-state index < -0.39 is 27.8 Å². The van der Waals surface area contributed by atoms with Crippen LogP contribution in [-0.2, 0) is 22.6 Å². The Morgan fingerprint density at radius 1 is 1.11 bits per heavy atom. The number of sulfonamides is 1. The smallest absolute Gasteiger partial charge is 0.435 e. The van der Waals surface area contributed by atoms with Crippen molar-refractivity contribution >= 4 is 27.5 Å². The van der Waals surface area contributed by atoms with E-state index in [0.29, 0.717) is 23.5 Å². The van der Waals surface area contributed by atoms with Crippen LogP contribution in [0.25, 0.3) is 5.69 Å². The highest BCUT2D eigenvalue weighted by Gasteiger charge is 2.43. The van der Waals surface area contributed by atoms with Gasteiger partial charge in [-0.3, -0.25) is 4.79 Å². The van der Waals surface area contributed by atoms with Crippen molar-refractivity contribution < 1.29 is 31.1 Å². The number of nitrogens with zero attached hydrogens (tertiary/aromatic N) is 5. The van der Waals surface area contributed by atoms with E-state index in [2.05, 4.69) is 9.50 Å². The normalized spacial score (nSPS) is 14.4. The Bertz CT molecular complexity index is 1480. The molecular weight excluding hydrogens is 523 g/mol. The van der Waals surface area contributed by atoms with Crippen LogP contribution < -0.4 is 9.64 Å². The van der Waals surface area contributed by atoms with Gasteiger partial charge in [-0.15, -0.1) is 4.40 Å². The van der Waals surface area contributed by atoms with Crippen molar-refractivity contribution in [2.45, 2.75) is 19.5 Å². The summed E-state index contributed by atoms with van der Waals surface area (Å²) >= 11 is 0. The summed E-state index contributed by atoms with van der Waals surface area (Å²) in [5.41, 5.74) is -0.168. The second-order valence-electron chi connectivity index (χ2n) is 8.70. The molecule has 2 aromatic carbocycles. The molecule has 1 amide bonds. The zero-order chi connectivity index (χ0) is 27.8. The Balaban J connectivity index is 1.75. The Morgan fingerprint density at radius 3 is 2.24 bits per heavy atom. The summed E-state index contributed by atoms with van der Waals surface area (Å²) in [6.45, 7) is 2.36. The van der Waals surface area contributed by atoms with Crippen LogP contribution in [0.5, 0.6) is 5.75 Å². The maximum Gasteiger partial charge on any atom is 0.435 e. The topological polar surface area (TPSA) is 97.1 Å². The first-order valence-electron chi connectivity index (χ1n) is 11.6. The molecule has 202 valence electrons. The van der Waals surface area contributed by atoms with Crippen LogP contribution in [-0.4, -0.2) is 68.3 Å². The van der Waals surface area contributed by atoms with E-state index in [4.69, 9.17) is 4.74 Å². The Hall–Kier alpha value is -3.87. The predicted molar refractivity (Wildman–Crippen MR) is 137 cm³/mol. The number of benzene rings is 2. The first-order valence-corrected chi connectivity index (χ1v) is 13.5. The molecule has 4 rings (SSSR count). The van der Waals surface area contributed by atoms with Crippen molar-refractivity contribution in [3.8, 4) is 11.4 Å². The number of fused-ring (bicyclic) bond motifs is 1. The molecule has 0 aliphatic carbocycles. The number of methoxy groups -OCH3 is 1. The highest BCUT2D eigenvalue weighted by atomic mass is 32.2. The van der Waals surface area contributed by atoms with Gasteiger partial charge in [0, 0.05) is 37.0 Å². The summed E-state index contributed by atoms with van der Waals surface area (Å²) in [4.78, 5) is 16.6. The van der Waals surface area contributed by atoms with Gasteiger partial charge >= 0.3 is 6.18 Å². The van der Waals surface area contributed by atoms with E-state index in [1.165, 1.54) is 24.1 Å². The summed E-state index contributed by atoms with van der Waals surface area (Å²) in [5.74, 6) is 0.112. The number of anilines is 1. The number of alkyl halides is 3. The van der Waals surface area contributed by atoms with Gasteiger partial charge < -0.3 is 14.5 Å². The minimum Gasteiger partial charge on any atom is -0.497 e. The lowest BCUT2D eigenvalue weighted by molar-refractivity contribution is -0.141. The molecule has 13 heteroatoms. The molecule has 0 fully saturated rings. The maximum absolute atomic E-state index is 13.8. The molecule has 38 heavy (non-hydrogen) atoms. The molecule has 0 saturated carbocycles. The lowest BCUT2D eigenvalue weighted by Gasteiger charge is -2.28. The van der Waals surface area contributed by atoms with Gasteiger partial charge in [-0.1, -0.05) is 0 Å². The van der Waals surface area contributed by atoms with Crippen molar-refractivity contribution in [1.29, 1.82) is 0 Å². The molecule has 0 unspecified atom stereocenters. The summed E-state index contributed by atoms with van der Waals surface area (Å²) in [7, 11) is -0.504. The van der Waals surface area contributed by atoms with Gasteiger partial charge in [-0.05, 0) is 61.9 Å². The highest BCUT2D eigenvalue weighted by molar-refractivity contribution is 7.89. The Morgan fingerprint density at radius 2 is 1.71 bits per heavy atom. The standard InChI is InChI=1S/C25H26F3N5O4S/c1-5-31(2)23(30-38(4,35)36)16-6-8-17(9-7-16)32-15-14-20-21(24(32)34)33(29-22(20)25(26,27)28)18-10-12-19(37-3)13-11-18/h6-13H,5,14-15H2,1-4H3/b30-23-. The molecule has 9 nitrogen and oxygen atoms in total. The Kier molecular flexibility index (Phi) is 7.24.